The molecular weight excluding hydrogens is 436 g/mol. The average Bonchev–Trinajstić information content (AvgIpc) is 2.79. The van der Waals surface area contributed by atoms with Crippen molar-refractivity contribution in [2.24, 2.45) is 5.73 Å². The van der Waals surface area contributed by atoms with Crippen LogP contribution >= 0.6 is 0 Å². The van der Waals surface area contributed by atoms with Crippen molar-refractivity contribution in [2.45, 2.75) is 37.1 Å². The van der Waals surface area contributed by atoms with Crippen LogP contribution in [0.4, 0.5) is 5.69 Å². The van der Waals surface area contributed by atoms with Gasteiger partial charge in [-0.25, -0.2) is 8.42 Å². The SMILES string of the molecule is Cc1ccc(S(=O)(=O)NC(CCCc2ccc(C(=N)N)cc2)C(=O)Nc2ccccc2)cc1. The van der Waals surface area contributed by atoms with E-state index in [0.29, 0.717) is 30.5 Å². The number of benzene rings is 3. The average molecular weight is 465 g/mol. The van der Waals surface area contributed by atoms with Crippen LogP contribution < -0.4 is 15.8 Å². The smallest absolute Gasteiger partial charge is 0.242 e. The van der Waals surface area contributed by atoms with Crippen molar-refractivity contribution in [3.8, 4) is 0 Å². The van der Waals surface area contributed by atoms with Gasteiger partial charge < -0.3 is 11.1 Å². The molecule has 0 saturated heterocycles. The molecule has 3 aromatic rings. The summed E-state index contributed by atoms with van der Waals surface area (Å²) >= 11 is 0. The van der Waals surface area contributed by atoms with Crippen molar-refractivity contribution < 1.29 is 13.2 Å². The number of nitrogen functional groups attached to an aromatic ring is 1. The fourth-order valence-corrected chi connectivity index (χ4v) is 4.56. The molecule has 8 heteroatoms. The van der Waals surface area contributed by atoms with E-state index in [1.54, 1.807) is 48.5 Å². The highest BCUT2D eigenvalue weighted by Gasteiger charge is 2.25. The number of aryl methyl sites for hydroxylation is 2. The fourth-order valence-electron chi connectivity index (χ4n) is 3.33. The summed E-state index contributed by atoms with van der Waals surface area (Å²) in [5.74, 6) is -0.409. The zero-order valence-corrected chi connectivity index (χ0v) is 19.2. The third kappa shape index (κ3) is 7.00. The number of sulfonamides is 1. The van der Waals surface area contributed by atoms with Gasteiger partial charge in [-0.2, -0.15) is 4.72 Å². The van der Waals surface area contributed by atoms with Gasteiger partial charge in [-0.1, -0.05) is 60.2 Å². The van der Waals surface area contributed by atoms with Crippen LogP contribution in [0.5, 0.6) is 0 Å². The van der Waals surface area contributed by atoms with Gasteiger partial charge in [0, 0.05) is 11.3 Å². The summed E-state index contributed by atoms with van der Waals surface area (Å²) in [6.45, 7) is 1.88. The molecule has 1 amide bonds. The number of amides is 1. The number of carbonyl (C=O) groups excluding carboxylic acids is 1. The van der Waals surface area contributed by atoms with Crippen LogP contribution in [0.3, 0.4) is 0 Å². The number of amidine groups is 1. The largest absolute Gasteiger partial charge is 0.384 e. The van der Waals surface area contributed by atoms with Gasteiger partial charge in [-0.15, -0.1) is 0 Å². The number of hydrogen-bond acceptors (Lipinski definition) is 4. The van der Waals surface area contributed by atoms with Crippen molar-refractivity contribution in [3.05, 3.63) is 95.6 Å². The van der Waals surface area contributed by atoms with Gasteiger partial charge >= 0.3 is 0 Å². The number of hydrogen-bond donors (Lipinski definition) is 4. The molecular formula is C25H28N4O3S. The Kier molecular flexibility index (Phi) is 7.97. The Labute approximate surface area is 194 Å². The molecule has 0 aromatic heterocycles. The van der Waals surface area contributed by atoms with Gasteiger partial charge in [0.2, 0.25) is 15.9 Å². The second kappa shape index (κ2) is 10.9. The van der Waals surface area contributed by atoms with E-state index in [-0.39, 0.29) is 10.7 Å². The predicted molar refractivity (Wildman–Crippen MR) is 131 cm³/mol. The monoisotopic (exact) mass is 464 g/mol. The van der Waals surface area contributed by atoms with Gasteiger partial charge in [-0.05, 0) is 56.0 Å². The third-order valence-electron chi connectivity index (χ3n) is 5.21. The molecule has 1 unspecified atom stereocenters. The van der Waals surface area contributed by atoms with Crippen LogP contribution in [0.25, 0.3) is 0 Å². The summed E-state index contributed by atoms with van der Waals surface area (Å²) < 4.78 is 28.4. The molecule has 3 rings (SSSR count). The summed E-state index contributed by atoms with van der Waals surface area (Å²) in [4.78, 5) is 13.1. The minimum atomic E-state index is -3.87. The highest BCUT2D eigenvalue weighted by Crippen LogP contribution is 2.15. The van der Waals surface area contributed by atoms with Crippen molar-refractivity contribution in [1.82, 2.24) is 4.72 Å². The first-order chi connectivity index (χ1) is 15.7. The van der Waals surface area contributed by atoms with Crippen LogP contribution in [0, 0.1) is 12.3 Å². The minimum Gasteiger partial charge on any atom is -0.384 e. The molecule has 0 spiro atoms. The molecule has 0 fully saturated rings. The van der Waals surface area contributed by atoms with E-state index in [9.17, 15) is 13.2 Å². The van der Waals surface area contributed by atoms with Crippen LogP contribution in [0.2, 0.25) is 0 Å². The molecule has 0 aliphatic heterocycles. The number of carbonyl (C=O) groups is 1. The molecule has 0 saturated carbocycles. The Bertz CT molecular complexity index is 1190. The lowest BCUT2D eigenvalue weighted by atomic mass is 10.0. The van der Waals surface area contributed by atoms with E-state index in [4.69, 9.17) is 11.1 Å². The summed E-state index contributed by atoms with van der Waals surface area (Å²) in [7, 11) is -3.87. The lowest BCUT2D eigenvalue weighted by Crippen LogP contribution is -2.43. The van der Waals surface area contributed by atoms with Gasteiger partial charge in [0.25, 0.3) is 0 Å². The second-order valence-electron chi connectivity index (χ2n) is 7.85. The normalized spacial score (nSPS) is 12.2. The molecule has 1 atom stereocenters. The van der Waals surface area contributed by atoms with Gasteiger partial charge in [-0.3, -0.25) is 10.2 Å². The Hall–Kier alpha value is -3.49. The zero-order chi connectivity index (χ0) is 23.8. The quantitative estimate of drug-likeness (QED) is 0.270. The zero-order valence-electron chi connectivity index (χ0n) is 18.4. The molecule has 3 aromatic carbocycles. The minimum absolute atomic E-state index is 0.00436. The van der Waals surface area contributed by atoms with E-state index in [0.717, 1.165) is 11.1 Å². The summed E-state index contributed by atoms with van der Waals surface area (Å²) in [5, 5.41) is 10.3. The lowest BCUT2D eigenvalue weighted by molar-refractivity contribution is -0.117. The summed E-state index contributed by atoms with van der Waals surface area (Å²) in [5.41, 5.74) is 8.70. The van der Waals surface area contributed by atoms with E-state index < -0.39 is 22.0 Å². The Morgan fingerprint density at radius 1 is 0.970 bits per heavy atom. The Morgan fingerprint density at radius 2 is 1.61 bits per heavy atom. The lowest BCUT2D eigenvalue weighted by Gasteiger charge is -2.19. The number of para-hydroxylation sites is 1. The molecule has 33 heavy (non-hydrogen) atoms. The number of anilines is 1. The van der Waals surface area contributed by atoms with Crippen molar-refractivity contribution in [1.29, 1.82) is 5.41 Å². The molecule has 5 N–H and O–H groups in total. The summed E-state index contributed by atoms with van der Waals surface area (Å²) in [6.07, 6.45) is 1.56. The molecule has 0 aliphatic rings. The topological polar surface area (TPSA) is 125 Å². The Morgan fingerprint density at radius 3 is 2.21 bits per heavy atom. The van der Waals surface area contributed by atoms with Crippen molar-refractivity contribution in [2.75, 3.05) is 5.32 Å². The maximum absolute atomic E-state index is 13.0. The van der Waals surface area contributed by atoms with Crippen molar-refractivity contribution >= 4 is 27.5 Å². The standard InChI is InChI=1S/C25H28N4O3S/c1-18-10-16-22(17-11-18)33(31,32)29-23(25(30)28-21-7-3-2-4-8-21)9-5-6-19-12-14-20(15-13-19)24(26)27/h2-4,7-8,10-17,23,29H,5-6,9H2,1H3,(H3,26,27)(H,28,30). The molecule has 0 aliphatic carbocycles. The maximum Gasteiger partial charge on any atom is 0.242 e. The van der Waals surface area contributed by atoms with Crippen LogP contribution in [0.15, 0.2) is 83.8 Å². The van der Waals surface area contributed by atoms with E-state index >= 15 is 0 Å². The van der Waals surface area contributed by atoms with E-state index in [1.165, 1.54) is 12.1 Å². The predicted octanol–water partition coefficient (Wildman–Crippen LogP) is 3.59. The highest BCUT2D eigenvalue weighted by molar-refractivity contribution is 7.89. The van der Waals surface area contributed by atoms with Crippen LogP contribution in [-0.2, 0) is 21.2 Å². The highest BCUT2D eigenvalue weighted by atomic mass is 32.2. The molecule has 0 radical (unpaired) electrons. The van der Waals surface area contributed by atoms with E-state index in [1.807, 2.05) is 25.1 Å². The molecule has 7 nitrogen and oxygen atoms in total. The van der Waals surface area contributed by atoms with Gasteiger partial charge in [0.1, 0.15) is 11.9 Å². The van der Waals surface area contributed by atoms with Crippen molar-refractivity contribution in [3.63, 3.8) is 0 Å². The first-order valence-electron chi connectivity index (χ1n) is 10.6. The first-order valence-corrected chi connectivity index (χ1v) is 12.1. The fraction of sp³-hybridized carbons (Fsp3) is 0.200. The van der Waals surface area contributed by atoms with Gasteiger partial charge in [0.15, 0.2) is 0 Å². The van der Waals surface area contributed by atoms with E-state index in [2.05, 4.69) is 10.0 Å². The number of rotatable bonds is 10. The third-order valence-corrected chi connectivity index (χ3v) is 6.70. The molecule has 172 valence electrons. The van der Waals surface area contributed by atoms with Gasteiger partial charge in [0.05, 0.1) is 4.90 Å². The maximum atomic E-state index is 13.0. The van der Waals surface area contributed by atoms with Crippen LogP contribution in [-0.4, -0.2) is 26.2 Å². The number of nitrogens with two attached hydrogens (primary N) is 1. The second-order valence-corrected chi connectivity index (χ2v) is 9.56. The number of nitrogens with one attached hydrogen (secondary N) is 3. The first kappa shape index (κ1) is 24.2. The van der Waals surface area contributed by atoms with Crippen LogP contribution in [0.1, 0.15) is 29.5 Å². The Balaban J connectivity index is 1.72. The molecule has 0 bridgehead atoms. The summed E-state index contributed by atoms with van der Waals surface area (Å²) in [6, 6.07) is 21.8. The molecule has 0 heterocycles.